The molecule has 0 bridgehead atoms. The van der Waals surface area contributed by atoms with E-state index in [9.17, 15) is 9.59 Å². The van der Waals surface area contributed by atoms with Crippen LogP contribution in [0.15, 0.2) is 46.1 Å². The predicted molar refractivity (Wildman–Crippen MR) is 57.9 cm³/mol. The minimum atomic E-state index is -0.459. The van der Waals surface area contributed by atoms with Gasteiger partial charge in [-0.05, 0) is 0 Å². The van der Waals surface area contributed by atoms with E-state index in [0.717, 1.165) is 5.56 Å². The van der Waals surface area contributed by atoms with Gasteiger partial charge in [0, 0.05) is 0 Å². The molecule has 0 aliphatic carbocycles. The molecule has 1 heterocycles. The third-order valence-corrected chi connectivity index (χ3v) is 2.57. The van der Waals surface area contributed by atoms with E-state index >= 15 is 0 Å². The second kappa shape index (κ2) is 3.88. The summed E-state index contributed by atoms with van der Waals surface area (Å²) >= 11 is 2.54. The van der Waals surface area contributed by atoms with Crippen molar-refractivity contribution in [1.29, 1.82) is 0 Å². The first kappa shape index (κ1) is 9.96. The Kier molecular flexibility index (Phi) is 2.58. The summed E-state index contributed by atoms with van der Waals surface area (Å²) in [5.41, 5.74) is 0.411. The van der Waals surface area contributed by atoms with Crippen LogP contribution in [0.1, 0.15) is 0 Å². The quantitative estimate of drug-likeness (QED) is 0.746. The third kappa shape index (κ3) is 1.93. The summed E-state index contributed by atoms with van der Waals surface area (Å²) in [7, 11) is 0. The molecule has 0 spiro atoms. The summed E-state index contributed by atoms with van der Waals surface area (Å²) in [4.78, 5) is 24.8. The molecular weight excluding hydrogens is 259 g/mol. The van der Waals surface area contributed by atoms with Crippen LogP contribution in [0.25, 0.3) is 11.1 Å². The number of H-pyrrole nitrogens is 1. The topological polar surface area (TPSA) is 54.9 Å². The van der Waals surface area contributed by atoms with E-state index in [2.05, 4.69) is 21.2 Å². The molecule has 0 saturated heterocycles. The van der Waals surface area contributed by atoms with Crippen molar-refractivity contribution in [2.75, 3.05) is 0 Å². The molecule has 75 valence electrons. The molecule has 1 aromatic carbocycles. The van der Waals surface area contributed by atoms with Crippen LogP contribution >= 0.6 is 0 Å². The summed E-state index contributed by atoms with van der Waals surface area (Å²) < 4.78 is 1.23. The molecule has 5 heteroatoms. The Hall–Kier alpha value is -1.58. The molecule has 1 N–H and O–H groups in total. The minimum absolute atomic E-state index is 0.377. The average Bonchev–Trinajstić information content (AvgIpc) is 2.25. The van der Waals surface area contributed by atoms with E-state index in [4.69, 9.17) is 0 Å². The van der Waals surface area contributed by atoms with Gasteiger partial charge in [-0.3, -0.25) is 0 Å². The Labute approximate surface area is 93.6 Å². The predicted octanol–water partition coefficient (Wildman–Crippen LogP) is 0.135. The molecule has 0 unspecified atom stereocenters. The number of hydrogen-bond donors (Lipinski definition) is 1. The van der Waals surface area contributed by atoms with E-state index in [0.29, 0.717) is 5.56 Å². The van der Waals surface area contributed by atoms with Gasteiger partial charge in [0.25, 0.3) is 0 Å². The maximum atomic E-state index is 11.5. The summed E-state index contributed by atoms with van der Waals surface area (Å²) in [5, 5.41) is 0. The molecule has 2 aromatic rings. The number of rotatable bonds is 1. The molecule has 0 fully saturated rings. The first-order valence-electron chi connectivity index (χ1n) is 4.27. The van der Waals surface area contributed by atoms with Gasteiger partial charge in [-0.15, -0.1) is 0 Å². The summed E-state index contributed by atoms with van der Waals surface area (Å²) in [5.74, 6) is 0. The van der Waals surface area contributed by atoms with E-state index in [1.807, 2.05) is 30.3 Å². The molecule has 1 aromatic heterocycles. The van der Waals surface area contributed by atoms with E-state index in [1.54, 1.807) is 0 Å². The van der Waals surface area contributed by atoms with Crippen LogP contribution in [0.5, 0.6) is 0 Å². The van der Waals surface area contributed by atoms with Gasteiger partial charge in [0.2, 0.25) is 0 Å². The van der Waals surface area contributed by atoms with Gasteiger partial charge in [0.15, 0.2) is 0 Å². The standard InChI is InChI=1S/C10H7N2O2Se/c13-9-8(6-12(15)10(14)11-9)7-4-2-1-3-5-7/h1-6H,(H,11,13,14). The van der Waals surface area contributed by atoms with Crippen LogP contribution in [-0.4, -0.2) is 24.8 Å². The Morgan fingerprint density at radius 1 is 1.13 bits per heavy atom. The molecule has 0 aliphatic rings. The van der Waals surface area contributed by atoms with Gasteiger partial charge < -0.3 is 0 Å². The van der Waals surface area contributed by atoms with Gasteiger partial charge in [0.05, 0.1) is 0 Å². The summed E-state index contributed by atoms with van der Waals surface area (Å²) in [6.07, 6.45) is 1.48. The zero-order valence-corrected chi connectivity index (χ0v) is 9.35. The third-order valence-electron chi connectivity index (χ3n) is 2.00. The van der Waals surface area contributed by atoms with Crippen molar-refractivity contribution in [1.82, 2.24) is 8.57 Å². The molecule has 2 rings (SSSR count). The van der Waals surface area contributed by atoms with Crippen LogP contribution in [0.2, 0.25) is 0 Å². The Balaban J connectivity index is 2.70. The molecule has 1 radical (unpaired) electrons. The molecule has 0 atom stereocenters. The first-order valence-corrected chi connectivity index (χ1v) is 5.04. The van der Waals surface area contributed by atoms with Crippen LogP contribution < -0.4 is 11.2 Å². The number of nitrogens with zero attached hydrogens (tertiary/aromatic N) is 1. The number of aromatic amines is 1. The molecule has 0 saturated carbocycles. The monoisotopic (exact) mass is 267 g/mol. The van der Waals surface area contributed by atoms with Crippen molar-refractivity contribution in [3.8, 4) is 11.1 Å². The molecule has 4 nitrogen and oxygen atoms in total. The summed E-state index contributed by atoms with van der Waals surface area (Å²) in [6.45, 7) is 0. The SMILES string of the molecule is O=c1[nH]c(=O)n([Se])cc1-c1ccccc1. The fourth-order valence-corrected chi connectivity index (χ4v) is 1.59. The fourth-order valence-electron chi connectivity index (χ4n) is 1.28. The van der Waals surface area contributed by atoms with E-state index in [-0.39, 0.29) is 5.56 Å². The van der Waals surface area contributed by atoms with Gasteiger partial charge in [-0.2, -0.15) is 0 Å². The number of nitrogens with one attached hydrogen (secondary N) is 1. The zero-order valence-electron chi connectivity index (χ0n) is 7.64. The Morgan fingerprint density at radius 3 is 2.47 bits per heavy atom. The molecule has 15 heavy (non-hydrogen) atoms. The van der Waals surface area contributed by atoms with Gasteiger partial charge in [-0.25, -0.2) is 0 Å². The number of hydrogen-bond acceptors (Lipinski definition) is 2. The number of benzene rings is 1. The number of aromatic nitrogens is 2. The second-order valence-electron chi connectivity index (χ2n) is 2.99. The van der Waals surface area contributed by atoms with Crippen molar-refractivity contribution in [3.05, 3.63) is 57.4 Å². The normalized spacial score (nSPS) is 10.1. The molecular formula is C10H7N2O2Se. The maximum absolute atomic E-state index is 11.5. The Bertz CT molecular complexity index is 586. The zero-order chi connectivity index (χ0) is 10.8. The summed E-state index contributed by atoms with van der Waals surface area (Å²) in [6, 6.07) is 9.17. The van der Waals surface area contributed by atoms with Crippen molar-refractivity contribution >= 4 is 16.2 Å². The van der Waals surface area contributed by atoms with Crippen molar-refractivity contribution in [3.63, 3.8) is 0 Å². The second-order valence-corrected chi connectivity index (χ2v) is 3.82. The van der Waals surface area contributed by atoms with Crippen molar-refractivity contribution in [2.45, 2.75) is 0 Å². The first-order chi connectivity index (χ1) is 7.18. The van der Waals surface area contributed by atoms with E-state index < -0.39 is 5.69 Å². The van der Waals surface area contributed by atoms with Crippen LogP contribution in [0, 0.1) is 0 Å². The van der Waals surface area contributed by atoms with Crippen LogP contribution in [-0.2, 0) is 0 Å². The van der Waals surface area contributed by atoms with Gasteiger partial charge in [-0.1, -0.05) is 0 Å². The Morgan fingerprint density at radius 2 is 1.80 bits per heavy atom. The van der Waals surface area contributed by atoms with Gasteiger partial charge in [0.1, 0.15) is 0 Å². The van der Waals surface area contributed by atoms with E-state index in [1.165, 1.54) is 9.78 Å². The molecule has 0 amide bonds. The van der Waals surface area contributed by atoms with Crippen LogP contribution in [0.3, 0.4) is 0 Å². The average molecular weight is 266 g/mol. The molecule has 0 aliphatic heterocycles. The van der Waals surface area contributed by atoms with Crippen LogP contribution in [0.4, 0.5) is 0 Å². The van der Waals surface area contributed by atoms with Crippen molar-refractivity contribution < 1.29 is 0 Å². The van der Waals surface area contributed by atoms with Crippen molar-refractivity contribution in [2.24, 2.45) is 0 Å². The van der Waals surface area contributed by atoms with Gasteiger partial charge >= 0.3 is 93.3 Å². The fraction of sp³-hybridized carbons (Fsp3) is 0.